The van der Waals surface area contributed by atoms with Crippen LogP contribution in [0.4, 0.5) is 0 Å². The first-order valence-electron chi connectivity index (χ1n) is 10.8. The van der Waals surface area contributed by atoms with E-state index in [4.69, 9.17) is 0 Å². The predicted molar refractivity (Wildman–Crippen MR) is 120 cm³/mol. The van der Waals surface area contributed by atoms with E-state index >= 15 is 0 Å². The highest BCUT2D eigenvalue weighted by Gasteiger charge is 2.47. The Morgan fingerprint density at radius 2 is 1.78 bits per heavy atom. The number of nitrogens with one attached hydrogen (secondary N) is 1. The third-order valence-corrected chi connectivity index (χ3v) is 7.80. The first kappa shape index (κ1) is 24.2. The first-order valence-corrected chi connectivity index (χ1v) is 12.7. The lowest BCUT2D eigenvalue weighted by Crippen LogP contribution is -2.68. The van der Waals surface area contributed by atoms with Gasteiger partial charge in [0, 0.05) is 26.7 Å². The second-order valence-corrected chi connectivity index (χ2v) is 10.9. The highest BCUT2D eigenvalue weighted by Crippen LogP contribution is 2.24. The monoisotopic (exact) mass is 464 g/mol. The molecule has 0 bridgehead atoms. The van der Waals surface area contributed by atoms with Crippen LogP contribution >= 0.6 is 0 Å². The van der Waals surface area contributed by atoms with Crippen molar-refractivity contribution in [1.82, 2.24) is 19.4 Å². The molecule has 1 atom stereocenters. The van der Waals surface area contributed by atoms with Crippen LogP contribution in [0.2, 0.25) is 0 Å². The second-order valence-electron chi connectivity index (χ2n) is 8.95. The summed E-state index contributed by atoms with van der Waals surface area (Å²) in [6.07, 6.45) is 3.82. The van der Waals surface area contributed by atoms with Gasteiger partial charge in [-0.15, -0.1) is 0 Å². The maximum absolute atomic E-state index is 12.9. The smallest absolute Gasteiger partial charge is 0.247 e. The van der Waals surface area contributed by atoms with E-state index in [1.165, 1.54) is 24.4 Å². The average molecular weight is 465 g/mol. The van der Waals surface area contributed by atoms with Crippen molar-refractivity contribution in [1.29, 1.82) is 0 Å². The number of carbonyl (C=O) groups is 3. The molecule has 9 nitrogen and oxygen atoms in total. The van der Waals surface area contributed by atoms with Gasteiger partial charge in [-0.25, -0.2) is 8.42 Å². The highest BCUT2D eigenvalue weighted by molar-refractivity contribution is 7.88. The number of nitrogens with zero attached hydrogens (tertiary/aromatic N) is 3. The van der Waals surface area contributed by atoms with Crippen molar-refractivity contribution in [2.24, 2.45) is 5.92 Å². The number of likely N-dealkylation sites (N-methyl/N-ethyl adjacent to an activating group) is 1. The van der Waals surface area contributed by atoms with E-state index in [9.17, 15) is 22.8 Å². The first-order chi connectivity index (χ1) is 15.0. The summed E-state index contributed by atoms with van der Waals surface area (Å²) in [4.78, 5) is 40.8. The minimum atomic E-state index is -3.63. The molecular weight excluding hydrogens is 432 g/mol. The molecule has 3 amide bonds. The summed E-state index contributed by atoms with van der Waals surface area (Å²) in [5.74, 6) is -0.663. The molecule has 1 N–H and O–H groups in total. The van der Waals surface area contributed by atoms with Crippen LogP contribution in [-0.4, -0.2) is 91.8 Å². The zero-order chi connectivity index (χ0) is 23.5. The number of benzene rings is 1. The molecule has 0 aromatic heterocycles. The van der Waals surface area contributed by atoms with Crippen LogP contribution in [0.3, 0.4) is 0 Å². The Kier molecular flexibility index (Phi) is 7.24. The van der Waals surface area contributed by atoms with E-state index in [-0.39, 0.29) is 25.5 Å². The quantitative estimate of drug-likeness (QED) is 0.642. The molecule has 32 heavy (non-hydrogen) atoms. The van der Waals surface area contributed by atoms with Gasteiger partial charge in [0.15, 0.2) is 0 Å². The molecule has 1 aromatic carbocycles. The summed E-state index contributed by atoms with van der Waals surface area (Å²) in [6.45, 7) is 2.16. The van der Waals surface area contributed by atoms with E-state index in [1.54, 1.807) is 4.90 Å². The fourth-order valence-electron chi connectivity index (χ4n) is 4.29. The zero-order valence-electron chi connectivity index (χ0n) is 18.9. The van der Waals surface area contributed by atoms with Gasteiger partial charge in [-0.3, -0.25) is 14.4 Å². The Balaban J connectivity index is 1.52. The largest absolute Gasteiger partial charge is 0.345 e. The van der Waals surface area contributed by atoms with E-state index in [2.05, 4.69) is 17.4 Å². The number of amides is 3. The van der Waals surface area contributed by atoms with Crippen LogP contribution in [0.1, 0.15) is 25.3 Å². The summed E-state index contributed by atoms with van der Waals surface area (Å²) in [7, 11) is -2.16. The molecule has 3 rings (SSSR count). The summed E-state index contributed by atoms with van der Waals surface area (Å²) in [5, 5.41) is 2.62. The minimum absolute atomic E-state index is 0.154. The van der Waals surface area contributed by atoms with Gasteiger partial charge in [0.05, 0.1) is 19.3 Å². The van der Waals surface area contributed by atoms with Crippen LogP contribution in [0.15, 0.2) is 30.3 Å². The van der Waals surface area contributed by atoms with Gasteiger partial charge in [-0.2, -0.15) is 4.31 Å². The van der Waals surface area contributed by atoms with Crippen molar-refractivity contribution in [2.45, 2.75) is 31.7 Å². The molecule has 1 unspecified atom stereocenters. The molecule has 0 aliphatic carbocycles. The maximum Gasteiger partial charge on any atom is 0.247 e. The SMILES string of the molecule is CN1C(=O)CN(S(C)(=O)=O)CC1(C)C(=O)NCC(=O)N1CCC(Cc2ccccc2)CC1. The molecule has 0 saturated carbocycles. The molecule has 0 spiro atoms. The molecule has 2 fully saturated rings. The van der Waals surface area contributed by atoms with Gasteiger partial charge < -0.3 is 15.1 Å². The molecule has 10 heteroatoms. The molecule has 176 valence electrons. The van der Waals surface area contributed by atoms with E-state index in [0.717, 1.165) is 29.8 Å². The lowest BCUT2D eigenvalue weighted by molar-refractivity contribution is -0.150. The molecule has 2 aliphatic heterocycles. The standard InChI is InChI=1S/C22H32N4O5S/c1-22(16-26(32(3,30)31)15-20(28)24(22)2)21(29)23-14-19(27)25-11-9-18(10-12-25)13-17-7-5-4-6-8-17/h4-8,18H,9-16H2,1-3H3,(H,23,29). The number of piperazine rings is 1. The van der Waals surface area contributed by atoms with Gasteiger partial charge >= 0.3 is 0 Å². The van der Waals surface area contributed by atoms with Gasteiger partial charge in [0.25, 0.3) is 0 Å². The van der Waals surface area contributed by atoms with E-state index < -0.39 is 27.4 Å². The summed E-state index contributed by atoms with van der Waals surface area (Å²) < 4.78 is 24.8. The molecule has 0 radical (unpaired) electrons. The summed E-state index contributed by atoms with van der Waals surface area (Å²) >= 11 is 0. The number of hydrogen-bond acceptors (Lipinski definition) is 5. The van der Waals surface area contributed by atoms with Crippen molar-refractivity contribution < 1.29 is 22.8 Å². The average Bonchev–Trinajstić information content (AvgIpc) is 2.75. The number of carbonyl (C=O) groups excluding carboxylic acids is 3. The minimum Gasteiger partial charge on any atom is -0.345 e. The lowest BCUT2D eigenvalue weighted by Gasteiger charge is -2.44. The van der Waals surface area contributed by atoms with Crippen LogP contribution < -0.4 is 5.32 Å². The fourth-order valence-corrected chi connectivity index (χ4v) is 5.12. The number of piperidine rings is 1. The summed E-state index contributed by atoms with van der Waals surface area (Å²) in [6, 6.07) is 10.3. The Morgan fingerprint density at radius 1 is 1.16 bits per heavy atom. The van der Waals surface area contributed by atoms with Crippen molar-refractivity contribution in [3.05, 3.63) is 35.9 Å². The molecular formula is C22H32N4O5S. The van der Waals surface area contributed by atoms with Crippen LogP contribution in [0.25, 0.3) is 0 Å². The van der Waals surface area contributed by atoms with Crippen molar-refractivity contribution in [3.63, 3.8) is 0 Å². The van der Waals surface area contributed by atoms with Crippen molar-refractivity contribution in [3.8, 4) is 0 Å². The lowest BCUT2D eigenvalue weighted by atomic mass is 9.90. The maximum atomic E-state index is 12.9. The normalized spacial score (nSPS) is 23.3. The van der Waals surface area contributed by atoms with Gasteiger partial charge in [-0.05, 0) is 37.7 Å². The molecule has 2 saturated heterocycles. The Labute approximate surface area is 189 Å². The highest BCUT2D eigenvalue weighted by atomic mass is 32.2. The van der Waals surface area contributed by atoms with E-state index in [0.29, 0.717) is 19.0 Å². The second kappa shape index (κ2) is 9.58. The molecule has 1 aromatic rings. The number of hydrogen-bond donors (Lipinski definition) is 1. The Bertz CT molecular complexity index is 960. The third kappa shape index (κ3) is 5.47. The van der Waals surface area contributed by atoms with Crippen LogP contribution in [0, 0.1) is 5.92 Å². The predicted octanol–water partition coefficient (Wildman–Crippen LogP) is 0.0762. The Hall–Kier alpha value is -2.46. The number of likely N-dealkylation sites (tertiary alicyclic amines) is 1. The fraction of sp³-hybridized carbons (Fsp3) is 0.591. The third-order valence-electron chi connectivity index (χ3n) is 6.60. The van der Waals surface area contributed by atoms with Crippen LogP contribution in [0.5, 0.6) is 0 Å². The van der Waals surface area contributed by atoms with Gasteiger partial charge in [0.2, 0.25) is 27.7 Å². The number of rotatable bonds is 6. The Morgan fingerprint density at radius 3 is 2.38 bits per heavy atom. The number of sulfonamides is 1. The van der Waals surface area contributed by atoms with Crippen LogP contribution in [-0.2, 0) is 30.8 Å². The summed E-state index contributed by atoms with van der Waals surface area (Å²) in [5.41, 5.74) is -0.0893. The van der Waals surface area contributed by atoms with Crippen molar-refractivity contribution in [2.75, 3.05) is 46.0 Å². The van der Waals surface area contributed by atoms with Gasteiger partial charge in [-0.1, -0.05) is 30.3 Å². The zero-order valence-corrected chi connectivity index (χ0v) is 19.7. The van der Waals surface area contributed by atoms with Crippen molar-refractivity contribution >= 4 is 27.7 Å². The van der Waals surface area contributed by atoms with Gasteiger partial charge in [0.1, 0.15) is 5.54 Å². The molecule has 2 heterocycles. The molecule has 2 aliphatic rings. The van der Waals surface area contributed by atoms with E-state index in [1.807, 2.05) is 18.2 Å². The topological polar surface area (TPSA) is 107 Å².